The number of urea groups is 1. The number of hydrogen-bond donors (Lipinski definition) is 2. The smallest absolute Gasteiger partial charge is 0.416 e. The molecule has 14 heteroatoms. The highest BCUT2D eigenvalue weighted by Gasteiger charge is 2.45. The van der Waals surface area contributed by atoms with Crippen molar-refractivity contribution in [1.82, 2.24) is 4.90 Å². The van der Waals surface area contributed by atoms with Crippen LogP contribution < -0.4 is 10.6 Å². The number of quaternary nitrogens is 1. The van der Waals surface area contributed by atoms with Crippen LogP contribution in [0, 0.1) is 28.6 Å². The highest BCUT2D eigenvalue weighted by molar-refractivity contribution is 6.10. The predicted molar refractivity (Wildman–Crippen MR) is 188 cm³/mol. The summed E-state index contributed by atoms with van der Waals surface area (Å²) in [6, 6.07) is 9.04. The largest absolute Gasteiger partial charge is 0.471 e. The van der Waals surface area contributed by atoms with Crippen molar-refractivity contribution < 1.29 is 41.5 Å². The summed E-state index contributed by atoms with van der Waals surface area (Å²) in [5, 5.41) is 18.8. The van der Waals surface area contributed by atoms with E-state index in [1.165, 1.54) is 51.1 Å². The van der Waals surface area contributed by atoms with E-state index < -0.39 is 35.7 Å². The molecule has 2 bridgehead atoms. The minimum atomic E-state index is -4.67. The molecular formula is C38H46F3N6O5+. The van der Waals surface area contributed by atoms with Gasteiger partial charge in [-0.05, 0) is 98.4 Å². The van der Waals surface area contributed by atoms with Crippen LogP contribution >= 0.6 is 0 Å². The summed E-state index contributed by atoms with van der Waals surface area (Å²) in [6.45, 7) is 2.67. The number of primary amides is 1. The Balaban J connectivity index is 0.00000144. The maximum atomic E-state index is 13.6. The van der Waals surface area contributed by atoms with Crippen LogP contribution in [0.4, 0.5) is 23.7 Å². The lowest BCUT2D eigenvalue weighted by Gasteiger charge is -2.43. The number of aryl methyl sites for hydroxylation is 1. The third-order valence-corrected chi connectivity index (χ3v) is 10.2. The van der Waals surface area contributed by atoms with E-state index in [1.807, 2.05) is 0 Å². The van der Waals surface area contributed by atoms with E-state index in [0.29, 0.717) is 36.0 Å². The van der Waals surface area contributed by atoms with E-state index in [1.54, 1.807) is 18.2 Å². The molecule has 0 radical (unpaired) electrons. The minimum absolute atomic E-state index is 0.0644. The van der Waals surface area contributed by atoms with Gasteiger partial charge in [0.25, 0.3) is 6.47 Å². The lowest BCUT2D eigenvalue weighted by molar-refractivity contribution is -0.854. The second-order valence-corrected chi connectivity index (χ2v) is 13.9. The van der Waals surface area contributed by atoms with Gasteiger partial charge in [0, 0.05) is 24.2 Å². The first-order valence-corrected chi connectivity index (χ1v) is 17.0. The number of alkyl halides is 3. The van der Waals surface area contributed by atoms with Gasteiger partial charge in [0.05, 0.1) is 57.6 Å². The van der Waals surface area contributed by atoms with Gasteiger partial charge < -0.3 is 15.2 Å². The molecule has 1 aliphatic heterocycles. The molecule has 1 saturated carbocycles. The zero-order chi connectivity index (χ0) is 38.4. The molecule has 1 heterocycles. The number of amides is 2. The van der Waals surface area contributed by atoms with Gasteiger partial charge in [0.1, 0.15) is 11.7 Å². The van der Waals surface area contributed by atoms with Crippen LogP contribution in [-0.2, 0) is 31.7 Å². The van der Waals surface area contributed by atoms with Gasteiger partial charge in [-0.25, -0.2) is 9.59 Å². The quantitative estimate of drug-likeness (QED) is 0.164. The maximum absolute atomic E-state index is 13.6. The highest BCUT2D eigenvalue weighted by atomic mass is 19.4. The Morgan fingerprint density at radius 3 is 2.44 bits per heavy atom. The average Bonchev–Trinajstić information content (AvgIpc) is 3.44. The number of carbonyl (C=O) groups is 3. The lowest BCUT2D eigenvalue weighted by atomic mass is 9.87. The topological polar surface area (TPSA) is 150 Å². The maximum Gasteiger partial charge on any atom is 0.416 e. The van der Waals surface area contributed by atoms with E-state index in [2.05, 4.69) is 31.0 Å². The number of rotatable bonds is 9. The first kappa shape index (κ1) is 39.6. The Hall–Kier alpha value is -5.16. The molecule has 2 aliphatic carbocycles. The van der Waals surface area contributed by atoms with Gasteiger partial charge in [0.2, 0.25) is 5.96 Å². The highest BCUT2D eigenvalue weighted by Crippen LogP contribution is 2.43. The summed E-state index contributed by atoms with van der Waals surface area (Å²) in [5.41, 5.74) is 7.83. The van der Waals surface area contributed by atoms with E-state index in [9.17, 15) is 28.0 Å². The molecule has 1 fully saturated rings. The molecule has 52 heavy (non-hydrogen) atoms. The number of carbonyl (C=O) groups excluding carboxylic acids is 3. The van der Waals surface area contributed by atoms with Gasteiger partial charge in [-0.3, -0.25) is 24.5 Å². The van der Waals surface area contributed by atoms with Crippen molar-refractivity contribution in [3.8, 4) is 6.07 Å². The first-order chi connectivity index (χ1) is 24.6. The van der Waals surface area contributed by atoms with Crippen molar-refractivity contribution in [2.24, 2.45) is 17.6 Å². The summed E-state index contributed by atoms with van der Waals surface area (Å²) in [4.78, 5) is 37.5. The number of nitrogens with zero attached hydrogens (tertiary/aromatic N) is 4. The SMILES string of the molecule is COC(=O)C1=C(C)N(c2cccc(C(F)(F)F)c2)C(=N)N(C(N)=O)[C@@H]1c1ccc(C#N)cc1CCC[N+](C)(C)C1=CCC2CCC(C1)C2.COC=O. The van der Waals surface area contributed by atoms with Crippen molar-refractivity contribution in [3.63, 3.8) is 0 Å². The van der Waals surface area contributed by atoms with E-state index in [4.69, 9.17) is 20.7 Å². The Morgan fingerprint density at radius 2 is 1.83 bits per heavy atom. The molecule has 3 atom stereocenters. The number of benzene rings is 2. The minimum Gasteiger partial charge on any atom is -0.471 e. The zero-order valence-electron chi connectivity index (χ0n) is 30.1. The van der Waals surface area contributed by atoms with Crippen LogP contribution in [0.15, 0.2) is 65.5 Å². The van der Waals surface area contributed by atoms with Crippen molar-refractivity contribution >= 4 is 30.1 Å². The standard InChI is InChI=1S/C36H41F3N6O3.C2H4O2/c1-22-31(33(46)48-4)32(44(35(42)47)34(41)43(22)28-9-5-8-27(20-28)36(37,38)39)30-15-13-25(21-40)18-26(30)7-6-16-45(2,3)29-14-12-23-10-11-24(17-23)19-29;1-4-2-3/h5,8-9,13-15,18,20,23-24,32,41H,6-7,10-12,16-17,19H2,1-4H3,(H-,42,47);2H,1H3/p+1/t23?,24?,32-;/m1./s1. The van der Waals surface area contributed by atoms with Crippen LogP contribution in [-0.4, -0.2) is 68.7 Å². The number of guanidine groups is 1. The zero-order valence-corrected chi connectivity index (χ0v) is 30.1. The molecule has 2 amide bonds. The van der Waals surface area contributed by atoms with Crippen LogP contribution in [0.1, 0.15) is 73.7 Å². The fraction of sp³-hybridized carbons (Fsp3) is 0.447. The fourth-order valence-electron chi connectivity index (χ4n) is 7.59. The summed E-state index contributed by atoms with van der Waals surface area (Å²) < 4.78 is 50.7. The molecule has 0 aromatic heterocycles. The average molecular weight is 724 g/mol. The second-order valence-electron chi connectivity index (χ2n) is 13.9. The van der Waals surface area contributed by atoms with E-state index >= 15 is 0 Å². The molecule has 3 aliphatic rings. The number of hydrogen-bond acceptors (Lipinski definition) is 7. The summed E-state index contributed by atoms with van der Waals surface area (Å²) in [6.07, 6.45) is 5.03. The van der Waals surface area contributed by atoms with Crippen molar-refractivity contribution in [2.45, 2.75) is 64.1 Å². The van der Waals surface area contributed by atoms with Gasteiger partial charge >= 0.3 is 18.2 Å². The van der Waals surface area contributed by atoms with Crippen molar-refractivity contribution in [3.05, 3.63) is 87.8 Å². The number of esters is 1. The van der Waals surface area contributed by atoms with Gasteiger partial charge in [-0.1, -0.05) is 12.1 Å². The third-order valence-electron chi connectivity index (χ3n) is 10.2. The lowest BCUT2D eigenvalue weighted by Crippen LogP contribution is -2.55. The van der Waals surface area contributed by atoms with Crippen LogP contribution in [0.25, 0.3) is 0 Å². The van der Waals surface area contributed by atoms with Gasteiger partial charge in [0.15, 0.2) is 0 Å². The normalized spacial score (nSPS) is 20.2. The summed E-state index contributed by atoms with van der Waals surface area (Å²) >= 11 is 0. The molecule has 11 nitrogen and oxygen atoms in total. The van der Waals surface area contributed by atoms with Gasteiger partial charge in [-0.15, -0.1) is 0 Å². The van der Waals surface area contributed by atoms with Crippen LogP contribution in [0.2, 0.25) is 0 Å². The molecule has 5 rings (SSSR count). The second kappa shape index (κ2) is 16.5. The molecule has 278 valence electrons. The molecule has 2 unspecified atom stereocenters. The number of fused-ring (bicyclic) bond motifs is 2. The number of nitrogens with one attached hydrogen (secondary N) is 1. The molecular weight excluding hydrogens is 677 g/mol. The Bertz CT molecular complexity index is 1800. The Labute approximate surface area is 302 Å². The first-order valence-electron chi connectivity index (χ1n) is 17.0. The number of nitriles is 1. The summed E-state index contributed by atoms with van der Waals surface area (Å²) in [7, 11) is 6.89. The van der Waals surface area contributed by atoms with Gasteiger partial charge in [-0.2, -0.15) is 18.4 Å². The molecule has 0 spiro atoms. The number of nitrogens with two attached hydrogens (primary N) is 1. The number of halogens is 3. The van der Waals surface area contributed by atoms with Crippen molar-refractivity contribution in [1.29, 1.82) is 10.7 Å². The molecule has 0 saturated heterocycles. The number of ether oxygens (including phenoxy) is 2. The third kappa shape index (κ3) is 8.65. The summed E-state index contributed by atoms with van der Waals surface area (Å²) in [5.74, 6) is 0.135. The fourth-order valence-corrected chi connectivity index (χ4v) is 7.59. The van der Waals surface area contributed by atoms with E-state index in [-0.39, 0.29) is 17.0 Å². The van der Waals surface area contributed by atoms with E-state index in [0.717, 1.165) is 64.7 Å². The van der Waals surface area contributed by atoms with Crippen LogP contribution in [0.5, 0.6) is 0 Å². The monoisotopic (exact) mass is 723 g/mol. The number of anilines is 1. The van der Waals surface area contributed by atoms with Crippen molar-refractivity contribution in [2.75, 3.05) is 39.8 Å². The molecule has 2 aromatic carbocycles. The number of allylic oxidation sites excluding steroid dienone is 3. The molecule has 2 aromatic rings. The predicted octanol–water partition coefficient (Wildman–Crippen LogP) is 6.79. The number of methoxy groups -OCH3 is 2. The Kier molecular flexibility index (Phi) is 12.5. The van der Waals surface area contributed by atoms with Crippen LogP contribution in [0.3, 0.4) is 0 Å². The molecule has 3 N–H and O–H groups in total. The Morgan fingerprint density at radius 1 is 1.13 bits per heavy atom.